The molecule has 0 unspecified atom stereocenters. The highest BCUT2D eigenvalue weighted by Crippen LogP contribution is 2.46. The first kappa shape index (κ1) is 13.8. The zero-order valence-corrected chi connectivity index (χ0v) is 11.8. The smallest absolute Gasteiger partial charge is 0.213 e. The molecular weight excluding hydrogens is 244 g/mol. The van der Waals surface area contributed by atoms with Crippen molar-refractivity contribution in [1.29, 1.82) is 0 Å². The van der Waals surface area contributed by atoms with Gasteiger partial charge in [0.1, 0.15) is 5.41 Å². The summed E-state index contributed by atoms with van der Waals surface area (Å²) in [5.74, 6) is -2.78. The molecule has 0 aliphatic heterocycles. The van der Waals surface area contributed by atoms with Crippen LogP contribution in [0, 0.1) is 10.8 Å². The number of hydrogen-bond donors (Lipinski definition) is 0. The van der Waals surface area contributed by atoms with E-state index in [0.29, 0.717) is 6.42 Å². The van der Waals surface area contributed by atoms with Gasteiger partial charge in [0.15, 0.2) is 0 Å². The minimum atomic E-state index is -1.50. The van der Waals surface area contributed by atoms with E-state index in [0.717, 1.165) is 11.1 Å². The van der Waals surface area contributed by atoms with E-state index in [4.69, 9.17) is 0 Å². The number of carbonyl (C=O) groups is 4. The van der Waals surface area contributed by atoms with Crippen LogP contribution in [-0.2, 0) is 19.2 Å². The molecule has 0 atom stereocenters. The van der Waals surface area contributed by atoms with E-state index in [-0.39, 0.29) is 12.8 Å². The van der Waals surface area contributed by atoms with Gasteiger partial charge < -0.3 is 0 Å². The molecule has 0 aromatic heterocycles. The number of Topliss-reactive ketones (excluding diaryl/α,β-unsaturated/α-hetero) is 4. The predicted octanol–water partition coefficient (Wildman–Crippen LogP) is 1.81. The normalized spacial score (nSPS) is 26.3. The molecule has 19 heavy (non-hydrogen) atoms. The molecular formula is C15H18O4. The number of rotatable bonds is 0. The summed E-state index contributed by atoms with van der Waals surface area (Å²) in [6.07, 6.45) is 1.08. The standard InChI is InChI=1S/C15H18O4/c1-8-5-6-15(7-9(8)2)12(18)10(16)14(3,4)11(17)13(15)19/h5-7H2,1-4H3. The van der Waals surface area contributed by atoms with Crippen molar-refractivity contribution in [2.24, 2.45) is 10.8 Å². The zero-order chi connectivity index (χ0) is 14.6. The van der Waals surface area contributed by atoms with Crippen molar-refractivity contribution in [2.75, 3.05) is 0 Å². The van der Waals surface area contributed by atoms with E-state index in [2.05, 4.69) is 0 Å². The maximum atomic E-state index is 12.4. The summed E-state index contributed by atoms with van der Waals surface area (Å²) in [5, 5.41) is 0. The van der Waals surface area contributed by atoms with E-state index in [1.54, 1.807) is 0 Å². The minimum absolute atomic E-state index is 0.212. The van der Waals surface area contributed by atoms with Crippen LogP contribution in [0.1, 0.15) is 47.0 Å². The largest absolute Gasteiger partial charge is 0.290 e. The number of carbonyl (C=O) groups excluding carboxylic acids is 4. The van der Waals surface area contributed by atoms with Crippen LogP contribution >= 0.6 is 0 Å². The topological polar surface area (TPSA) is 68.3 Å². The fourth-order valence-corrected chi connectivity index (χ4v) is 2.90. The third kappa shape index (κ3) is 1.66. The lowest BCUT2D eigenvalue weighted by molar-refractivity contribution is -0.165. The summed E-state index contributed by atoms with van der Waals surface area (Å²) < 4.78 is 0. The van der Waals surface area contributed by atoms with Gasteiger partial charge in [0.2, 0.25) is 23.1 Å². The Labute approximate surface area is 112 Å². The maximum absolute atomic E-state index is 12.4. The van der Waals surface area contributed by atoms with Crippen LogP contribution < -0.4 is 0 Å². The molecule has 0 radical (unpaired) electrons. The summed E-state index contributed by atoms with van der Waals surface area (Å²) in [4.78, 5) is 49.0. The average Bonchev–Trinajstić information content (AvgIpc) is 2.37. The van der Waals surface area contributed by atoms with Crippen molar-refractivity contribution in [1.82, 2.24) is 0 Å². The lowest BCUT2D eigenvalue weighted by Crippen LogP contribution is -2.60. The molecule has 0 bridgehead atoms. The number of allylic oxidation sites excluding steroid dienone is 2. The molecule has 0 aromatic carbocycles. The molecule has 0 N–H and O–H groups in total. The van der Waals surface area contributed by atoms with Crippen molar-refractivity contribution < 1.29 is 19.2 Å². The first-order chi connectivity index (χ1) is 8.64. The molecule has 2 rings (SSSR count). The fourth-order valence-electron chi connectivity index (χ4n) is 2.90. The van der Waals surface area contributed by atoms with E-state index in [1.165, 1.54) is 13.8 Å². The van der Waals surface area contributed by atoms with Gasteiger partial charge >= 0.3 is 0 Å². The Hall–Kier alpha value is -1.58. The lowest BCUT2D eigenvalue weighted by Gasteiger charge is -2.40. The molecule has 0 amide bonds. The van der Waals surface area contributed by atoms with Crippen LogP contribution in [0.25, 0.3) is 0 Å². The Morgan fingerprint density at radius 1 is 0.789 bits per heavy atom. The van der Waals surface area contributed by atoms with E-state index in [1.807, 2.05) is 13.8 Å². The molecule has 1 spiro atoms. The van der Waals surface area contributed by atoms with Gasteiger partial charge in [0.25, 0.3) is 0 Å². The first-order valence-corrected chi connectivity index (χ1v) is 6.48. The van der Waals surface area contributed by atoms with Crippen molar-refractivity contribution in [3.05, 3.63) is 11.1 Å². The van der Waals surface area contributed by atoms with Crippen LogP contribution in [0.15, 0.2) is 11.1 Å². The maximum Gasteiger partial charge on any atom is 0.213 e. The average molecular weight is 262 g/mol. The molecule has 1 fully saturated rings. The molecule has 1 saturated carbocycles. The van der Waals surface area contributed by atoms with Crippen LogP contribution in [0.3, 0.4) is 0 Å². The molecule has 2 aliphatic carbocycles. The van der Waals surface area contributed by atoms with Crippen molar-refractivity contribution >= 4 is 23.1 Å². The molecule has 0 heterocycles. The molecule has 0 aromatic rings. The van der Waals surface area contributed by atoms with Crippen LogP contribution in [0.4, 0.5) is 0 Å². The van der Waals surface area contributed by atoms with E-state index in [9.17, 15) is 19.2 Å². The van der Waals surface area contributed by atoms with E-state index >= 15 is 0 Å². The Balaban J connectivity index is 2.54. The highest BCUT2D eigenvalue weighted by atomic mass is 16.2. The monoisotopic (exact) mass is 262 g/mol. The van der Waals surface area contributed by atoms with Gasteiger partial charge in [-0.05, 0) is 47.0 Å². The third-order valence-electron chi connectivity index (χ3n) is 4.64. The first-order valence-electron chi connectivity index (χ1n) is 6.48. The predicted molar refractivity (Wildman–Crippen MR) is 68.5 cm³/mol. The van der Waals surface area contributed by atoms with Gasteiger partial charge in [-0.2, -0.15) is 0 Å². The molecule has 4 heteroatoms. The Kier molecular flexibility index (Phi) is 2.88. The number of hydrogen-bond acceptors (Lipinski definition) is 4. The van der Waals surface area contributed by atoms with Crippen molar-refractivity contribution in [3.8, 4) is 0 Å². The summed E-state index contributed by atoms with van der Waals surface area (Å²) in [6.45, 7) is 6.52. The van der Waals surface area contributed by atoms with Gasteiger partial charge in [0.05, 0.1) is 5.41 Å². The van der Waals surface area contributed by atoms with E-state index < -0.39 is 34.0 Å². The number of ketones is 4. The molecule has 0 saturated heterocycles. The van der Waals surface area contributed by atoms with Gasteiger partial charge in [-0.25, -0.2) is 0 Å². The van der Waals surface area contributed by atoms with Gasteiger partial charge in [-0.15, -0.1) is 0 Å². The highest BCUT2D eigenvalue weighted by molar-refractivity contribution is 6.63. The summed E-state index contributed by atoms with van der Waals surface area (Å²) in [5.41, 5.74) is -0.833. The second-order valence-corrected chi connectivity index (χ2v) is 6.26. The highest BCUT2D eigenvalue weighted by Gasteiger charge is 2.62. The molecule has 2 aliphatic rings. The Bertz CT molecular complexity index is 518. The third-order valence-corrected chi connectivity index (χ3v) is 4.64. The van der Waals surface area contributed by atoms with Gasteiger partial charge in [-0.3, -0.25) is 19.2 Å². The van der Waals surface area contributed by atoms with Crippen LogP contribution in [0.2, 0.25) is 0 Å². The van der Waals surface area contributed by atoms with Crippen LogP contribution in [-0.4, -0.2) is 23.1 Å². The Morgan fingerprint density at radius 2 is 1.26 bits per heavy atom. The SMILES string of the molecule is CC1=C(C)CC2(CC1)C(=O)C(=O)C(C)(C)C(=O)C2=O. The zero-order valence-electron chi connectivity index (χ0n) is 11.8. The van der Waals surface area contributed by atoms with Gasteiger partial charge in [0, 0.05) is 0 Å². The summed E-state index contributed by atoms with van der Waals surface area (Å²) in [6, 6.07) is 0. The summed E-state index contributed by atoms with van der Waals surface area (Å²) >= 11 is 0. The fraction of sp³-hybridized carbons (Fsp3) is 0.600. The minimum Gasteiger partial charge on any atom is -0.290 e. The summed E-state index contributed by atoms with van der Waals surface area (Å²) in [7, 11) is 0. The van der Waals surface area contributed by atoms with Crippen molar-refractivity contribution in [2.45, 2.75) is 47.0 Å². The molecule has 102 valence electrons. The lowest BCUT2D eigenvalue weighted by atomic mass is 9.56. The Morgan fingerprint density at radius 3 is 1.68 bits per heavy atom. The van der Waals surface area contributed by atoms with Gasteiger partial charge in [-0.1, -0.05) is 11.1 Å². The molecule has 4 nitrogen and oxygen atoms in total. The second kappa shape index (κ2) is 3.95. The second-order valence-electron chi connectivity index (χ2n) is 6.26. The quantitative estimate of drug-likeness (QED) is 0.379. The van der Waals surface area contributed by atoms with Crippen molar-refractivity contribution in [3.63, 3.8) is 0 Å². The van der Waals surface area contributed by atoms with Crippen LogP contribution in [0.5, 0.6) is 0 Å².